The molecule has 0 unspecified atom stereocenters. The summed E-state index contributed by atoms with van der Waals surface area (Å²) in [5.74, 6) is 1.39. The van der Waals surface area contributed by atoms with Gasteiger partial charge >= 0.3 is 0 Å². The summed E-state index contributed by atoms with van der Waals surface area (Å²) < 4.78 is 0. The average molecular weight is 304 g/mol. The smallest absolute Gasteiger partial charge is 0.228 e. The van der Waals surface area contributed by atoms with Crippen molar-refractivity contribution in [3.05, 3.63) is 41.0 Å². The van der Waals surface area contributed by atoms with Gasteiger partial charge in [-0.05, 0) is 19.1 Å². The Kier molecular flexibility index (Phi) is 4.22. The van der Waals surface area contributed by atoms with Crippen molar-refractivity contribution < 1.29 is 0 Å². The van der Waals surface area contributed by atoms with Gasteiger partial charge in [0.15, 0.2) is 0 Å². The molecule has 110 valence electrons. The summed E-state index contributed by atoms with van der Waals surface area (Å²) in [5, 5.41) is 7.04. The Morgan fingerprint density at radius 1 is 1.14 bits per heavy atom. The van der Waals surface area contributed by atoms with Gasteiger partial charge in [0.2, 0.25) is 5.95 Å². The number of benzene rings is 1. The van der Waals surface area contributed by atoms with Gasteiger partial charge < -0.3 is 15.5 Å². The van der Waals surface area contributed by atoms with Crippen LogP contribution in [0.15, 0.2) is 30.3 Å². The van der Waals surface area contributed by atoms with Gasteiger partial charge in [0.25, 0.3) is 0 Å². The SMILES string of the molecule is Cc1ccc(Nc2cc(Cl)nc(N3CCNCC3)n2)cc1. The highest BCUT2D eigenvalue weighted by atomic mass is 35.5. The van der Waals surface area contributed by atoms with E-state index in [0.717, 1.165) is 31.9 Å². The highest BCUT2D eigenvalue weighted by Crippen LogP contribution is 2.21. The van der Waals surface area contributed by atoms with Crippen LogP contribution in [0.2, 0.25) is 5.15 Å². The maximum atomic E-state index is 6.13. The maximum Gasteiger partial charge on any atom is 0.228 e. The number of nitrogens with zero attached hydrogens (tertiary/aromatic N) is 3. The molecule has 2 heterocycles. The second kappa shape index (κ2) is 6.28. The van der Waals surface area contributed by atoms with Crippen molar-refractivity contribution in [2.45, 2.75) is 6.92 Å². The van der Waals surface area contributed by atoms with Crippen molar-refractivity contribution in [3.8, 4) is 0 Å². The number of hydrogen-bond donors (Lipinski definition) is 2. The second-order valence-corrected chi connectivity index (χ2v) is 5.49. The lowest BCUT2D eigenvalue weighted by molar-refractivity contribution is 0.580. The van der Waals surface area contributed by atoms with E-state index in [-0.39, 0.29) is 0 Å². The Bertz CT molecular complexity index is 608. The third-order valence-electron chi connectivity index (χ3n) is 3.41. The number of rotatable bonds is 3. The van der Waals surface area contributed by atoms with Gasteiger partial charge in [-0.1, -0.05) is 29.3 Å². The van der Waals surface area contributed by atoms with Crippen molar-refractivity contribution in [1.29, 1.82) is 0 Å². The number of aromatic nitrogens is 2. The summed E-state index contributed by atoms with van der Waals surface area (Å²) in [6.07, 6.45) is 0. The molecular formula is C15H18ClN5. The minimum absolute atomic E-state index is 0.452. The van der Waals surface area contributed by atoms with Gasteiger partial charge in [0.1, 0.15) is 11.0 Å². The van der Waals surface area contributed by atoms with Crippen LogP contribution in [0, 0.1) is 6.92 Å². The molecule has 3 rings (SSSR count). The van der Waals surface area contributed by atoms with E-state index in [4.69, 9.17) is 11.6 Å². The second-order valence-electron chi connectivity index (χ2n) is 5.10. The normalized spacial score (nSPS) is 15.0. The number of hydrogen-bond acceptors (Lipinski definition) is 5. The van der Waals surface area contributed by atoms with Gasteiger partial charge in [-0.2, -0.15) is 4.98 Å². The molecule has 1 fully saturated rings. The first-order valence-electron chi connectivity index (χ1n) is 7.05. The number of aryl methyl sites for hydroxylation is 1. The molecule has 0 bridgehead atoms. The average Bonchev–Trinajstić information content (AvgIpc) is 2.50. The molecule has 0 radical (unpaired) electrons. The lowest BCUT2D eigenvalue weighted by atomic mass is 10.2. The fourth-order valence-electron chi connectivity index (χ4n) is 2.26. The van der Waals surface area contributed by atoms with E-state index in [1.807, 2.05) is 12.1 Å². The fourth-order valence-corrected chi connectivity index (χ4v) is 2.44. The summed E-state index contributed by atoms with van der Waals surface area (Å²) in [6.45, 7) is 5.73. The van der Waals surface area contributed by atoms with Crippen molar-refractivity contribution in [2.24, 2.45) is 0 Å². The Morgan fingerprint density at radius 3 is 2.57 bits per heavy atom. The summed E-state index contributed by atoms with van der Waals surface area (Å²) in [5.41, 5.74) is 2.21. The molecule has 5 nitrogen and oxygen atoms in total. The molecule has 0 amide bonds. The van der Waals surface area contributed by atoms with Gasteiger partial charge in [0, 0.05) is 37.9 Å². The van der Waals surface area contributed by atoms with Gasteiger partial charge in [-0.25, -0.2) is 4.98 Å². The van der Waals surface area contributed by atoms with E-state index >= 15 is 0 Å². The Morgan fingerprint density at radius 2 is 1.86 bits per heavy atom. The summed E-state index contributed by atoms with van der Waals surface area (Å²) >= 11 is 6.13. The quantitative estimate of drug-likeness (QED) is 0.854. The monoisotopic (exact) mass is 303 g/mol. The molecule has 1 aromatic carbocycles. The Balaban J connectivity index is 1.81. The van der Waals surface area contributed by atoms with Crippen LogP contribution in [-0.2, 0) is 0 Å². The molecule has 2 aromatic rings. The first-order chi connectivity index (χ1) is 10.2. The van der Waals surface area contributed by atoms with E-state index in [9.17, 15) is 0 Å². The molecule has 1 aromatic heterocycles. The zero-order valence-corrected chi connectivity index (χ0v) is 12.7. The molecule has 1 saturated heterocycles. The molecule has 1 aliphatic heterocycles. The third-order valence-corrected chi connectivity index (χ3v) is 3.60. The zero-order valence-electron chi connectivity index (χ0n) is 11.9. The zero-order chi connectivity index (χ0) is 14.7. The van der Waals surface area contributed by atoms with Gasteiger partial charge in [-0.3, -0.25) is 0 Å². The molecule has 0 spiro atoms. The molecule has 1 aliphatic rings. The lowest BCUT2D eigenvalue weighted by Crippen LogP contribution is -2.44. The summed E-state index contributed by atoms with van der Waals surface area (Å²) in [4.78, 5) is 11.0. The van der Waals surface area contributed by atoms with Crippen molar-refractivity contribution in [1.82, 2.24) is 15.3 Å². The maximum absolute atomic E-state index is 6.13. The molecule has 2 N–H and O–H groups in total. The van der Waals surface area contributed by atoms with Crippen LogP contribution in [0.1, 0.15) is 5.56 Å². The largest absolute Gasteiger partial charge is 0.340 e. The summed E-state index contributed by atoms with van der Waals surface area (Å²) in [6, 6.07) is 9.91. The number of anilines is 3. The van der Waals surface area contributed by atoms with Crippen LogP contribution in [-0.4, -0.2) is 36.1 Å². The first-order valence-corrected chi connectivity index (χ1v) is 7.42. The minimum Gasteiger partial charge on any atom is -0.340 e. The lowest BCUT2D eigenvalue weighted by Gasteiger charge is -2.27. The molecule has 0 saturated carbocycles. The minimum atomic E-state index is 0.452. The van der Waals surface area contributed by atoms with E-state index in [1.54, 1.807) is 6.07 Å². The van der Waals surface area contributed by atoms with Crippen LogP contribution in [0.4, 0.5) is 17.5 Å². The van der Waals surface area contributed by atoms with Crippen LogP contribution in [0.25, 0.3) is 0 Å². The molecule has 0 atom stereocenters. The van der Waals surface area contributed by atoms with Crippen molar-refractivity contribution >= 4 is 29.1 Å². The van der Waals surface area contributed by atoms with Crippen LogP contribution in [0.3, 0.4) is 0 Å². The number of halogens is 1. The summed E-state index contributed by atoms with van der Waals surface area (Å²) in [7, 11) is 0. The predicted octanol–water partition coefficient (Wildman–Crippen LogP) is 2.59. The van der Waals surface area contributed by atoms with Gasteiger partial charge in [0.05, 0.1) is 0 Å². The van der Waals surface area contributed by atoms with E-state index in [2.05, 4.69) is 44.6 Å². The molecule has 0 aliphatic carbocycles. The first kappa shape index (κ1) is 14.1. The standard InChI is InChI=1S/C15H18ClN5/c1-11-2-4-12(5-3-11)18-14-10-13(16)19-15(20-14)21-8-6-17-7-9-21/h2-5,10,17H,6-9H2,1H3,(H,18,19,20). The van der Waals surface area contributed by atoms with Crippen molar-refractivity contribution in [3.63, 3.8) is 0 Å². The van der Waals surface area contributed by atoms with Crippen LogP contribution < -0.4 is 15.5 Å². The van der Waals surface area contributed by atoms with E-state index in [1.165, 1.54) is 5.56 Å². The van der Waals surface area contributed by atoms with Gasteiger partial charge in [-0.15, -0.1) is 0 Å². The number of nitrogens with one attached hydrogen (secondary N) is 2. The molecular weight excluding hydrogens is 286 g/mol. The topological polar surface area (TPSA) is 53.1 Å². The highest BCUT2D eigenvalue weighted by molar-refractivity contribution is 6.29. The highest BCUT2D eigenvalue weighted by Gasteiger charge is 2.14. The van der Waals surface area contributed by atoms with E-state index < -0.39 is 0 Å². The predicted molar refractivity (Wildman–Crippen MR) is 86.6 cm³/mol. The van der Waals surface area contributed by atoms with E-state index in [0.29, 0.717) is 16.9 Å². The Labute approximate surface area is 129 Å². The third kappa shape index (κ3) is 3.62. The molecule has 21 heavy (non-hydrogen) atoms. The number of piperazine rings is 1. The van der Waals surface area contributed by atoms with Crippen LogP contribution >= 0.6 is 11.6 Å². The fraction of sp³-hybridized carbons (Fsp3) is 0.333. The molecule has 6 heteroatoms. The van der Waals surface area contributed by atoms with Crippen molar-refractivity contribution in [2.75, 3.05) is 36.4 Å². The van der Waals surface area contributed by atoms with Crippen LogP contribution in [0.5, 0.6) is 0 Å². The Hall–Kier alpha value is -1.85.